The van der Waals surface area contributed by atoms with Crippen LogP contribution in [0, 0.1) is 41.5 Å². The molecule has 0 unspecified atom stereocenters. The molecule has 0 heterocycles. The Morgan fingerprint density at radius 2 is 1.18 bits per heavy atom. The van der Waals surface area contributed by atoms with Crippen molar-refractivity contribution in [3.8, 4) is 5.75 Å². The van der Waals surface area contributed by atoms with Crippen molar-refractivity contribution in [1.82, 2.24) is 0 Å². The van der Waals surface area contributed by atoms with Crippen molar-refractivity contribution in [2.45, 2.75) is 39.5 Å². The fourth-order valence-corrected chi connectivity index (χ4v) is 4.06. The minimum Gasteiger partial charge on any atom is -0.379 e. The third kappa shape index (κ3) is 2.88. The highest BCUT2D eigenvalue weighted by molar-refractivity contribution is 7.87. The minimum atomic E-state index is -3.87. The summed E-state index contributed by atoms with van der Waals surface area (Å²) in [7, 11) is -3.87. The summed E-state index contributed by atoms with van der Waals surface area (Å²) in [5, 5.41) is 0. The lowest BCUT2D eigenvalue weighted by Crippen LogP contribution is -2.15. The van der Waals surface area contributed by atoms with E-state index in [0.29, 0.717) is 5.75 Å². The van der Waals surface area contributed by atoms with E-state index in [1.165, 1.54) is 0 Å². The van der Waals surface area contributed by atoms with E-state index < -0.39 is 10.1 Å². The van der Waals surface area contributed by atoms with Gasteiger partial charge >= 0.3 is 10.1 Å². The Bertz CT molecular complexity index is 787. The molecule has 0 aliphatic carbocycles. The van der Waals surface area contributed by atoms with Crippen LogP contribution in [0.25, 0.3) is 0 Å². The first kappa shape index (κ1) is 16.6. The lowest BCUT2D eigenvalue weighted by molar-refractivity contribution is 0.484. The zero-order valence-corrected chi connectivity index (χ0v) is 14.5. The SMILES string of the molecule is [CH2]c1ccc(OS(=O)(=O)c2c(C)c(C)c(C)c(C)c2C)cc1. The Morgan fingerprint density at radius 1 is 0.773 bits per heavy atom. The summed E-state index contributed by atoms with van der Waals surface area (Å²) in [6, 6.07) is 6.66. The first-order chi connectivity index (χ1) is 10.1. The molecule has 1 radical (unpaired) electrons. The van der Waals surface area contributed by atoms with Crippen LogP contribution in [0.4, 0.5) is 0 Å². The summed E-state index contributed by atoms with van der Waals surface area (Å²) in [6.45, 7) is 13.3. The van der Waals surface area contributed by atoms with Gasteiger partial charge in [0, 0.05) is 0 Å². The molecule has 2 rings (SSSR count). The molecule has 0 bridgehead atoms. The van der Waals surface area contributed by atoms with Gasteiger partial charge < -0.3 is 4.18 Å². The van der Waals surface area contributed by atoms with Gasteiger partial charge in [-0.1, -0.05) is 12.1 Å². The van der Waals surface area contributed by atoms with Crippen LogP contribution >= 0.6 is 0 Å². The van der Waals surface area contributed by atoms with Gasteiger partial charge in [0.1, 0.15) is 10.6 Å². The molecule has 0 aliphatic rings. The molecule has 0 atom stereocenters. The number of hydrogen-bond acceptors (Lipinski definition) is 3. The number of hydrogen-bond donors (Lipinski definition) is 0. The van der Waals surface area contributed by atoms with Gasteiger partial charge in [-0.05, 0) is 87.1 Å². The van der Waals surface area contributed by atoms with E-state index in [4.69, 9.17) is 4.18 Å². The standard InChI is InChI=1S/C18H21O3S/c1-11-7-9-17(10-8-11)21-22(19,20)18-15(5)13(3)12(2)14(4)16(18)6/h7-10H,1H2,2-6H3. The maximum atomic E-state index is 12.7. The summed E-state index contributed by atoms with van der Waals surface area (Å²) >= 11 is 0. The maximum absolute atomic E-state index is 12.7. The summed E-state index contributed by atoms with van der Waals surface area (Å²) in [4.78, 5) is 0.270. The molecule has 0 fully saturated rings. The van der Waals surface area contributed by atoms with Crippen molar-refractivity contribution in [2.24, 2.45) is 0 Å². The molecule has 2 aromatic rings. The molecule has 4 heteroatoms. The van der Waals surface area contributed by atoms with Gasteiger partial charge in [-0.2, -0.15) is 8.42 Å². The van der Waals surface area contributed by atoms with Crippen molar-refractivity contribution in [2.75, 3.05) is 0 Å². The van der Waals surface area contributed by atoms with E-state index in [1.807, 2.05) is 34.6 Å². The van der Waals surface area contributed by atoms with Crippen LogP contribution in [0.2, 0.25) is 0 Å². The average Bonchev–Trinajstić information content (AvgIpc) is 2.45. The number of rotatable bonds is 3. The Labute approximate surface area is 133 Å². The monoisotopic (exact) mass is 317 g/mol. The summed E-state index contributed by atoms with van der Waals surface area (Å²) in [5.74, 6) is 0.294. The highest BCUT2D eigenvalue weighted by atomic mass is 32.2. The van der Waals surface area contributed by atoms with E-state index in [0.717, 1.165) is 33.4 Å². The van der Waals surface area contributed by atoms with Crippen molar-refractivity contribution in [3.05, 3.63) is 64.6 Å². The van der Waals surface area contributed by atoms with Crippen molar-refractivity contribution in [3.63, 3.8) is 0 Å². The Balaban J connectivity index is 2.57. The summed E-state index contributed by atoms with van der Waals surface area (Å²) in [5.41, 5.74) is 5.38. The van der Waals surface area contributed by atoms with Crippen molar-refractivity contribution >= 4 is 10.1 Å². The Morgan fingerprint density at radius 3 is 1.64 bits per heavy atom. The molecule has 0 saturated heterocycles. The minimum absolute atomic E-state index is 0.270. The lowest BCUT2D eigenvalue weighted by Gasteiger charge is -2.18. The van der Waals surface area contributed by atoms with Crippen LogP contribution in [0.5, 0.6) is 5.75 Å². The lowest BCUT2D eigenvalue weighted by atomic mass is 9.95. The van der Waals surface area contributed by atoms with E-state index in [-0.39, 0.29) is 4.90 Å². The fraction of sp³-hybridized carbons (Fsp3) is 0.278. The first-order valence-corrected chi connectivity index (χ1v) is 8.49. The molecule has 0 aromatic heterocycles. The van der Waals surface area contributed by atoms with Crippen LogP contribution in [0.1, 0.15) is 33.4 Å². The van der Waals surface area contributed by atoms with Gasteiger partial charge in [-0.15, -0.1) is 0 Å². The molecular formula is C18H21O3S. The third-order valence-electron chi connectivity index (χ3n) is 4.31. The zero-order chi connectivity index (χ0) is 16.7. The van der Waals surface area contributed by atoms with Gasteiger partial charge in [-0.3, -0.25) is 0 Å². The molecule has 0 saturated carbocycles. The molecule has 0 spiro atoms. The quantitative estimate of drug-likeness (QED) is 0.798. The van der Waals surface area contributed by atoms with Crippen molar-refractivity contribution in [1.29, 1.82) is 0 Å². The molecule has 2 aromatic carbocycles. The van der Waals surface area contributed by atoms with Crippen molar-refractivity contribution < 1.29 is 12.6 Å². The van der Waals surface area contributed by atoms with E-state index in [2.05, 4.69) is 6.92 Å². The molecule has 0 amide bonds. The smallest absolute Gasteiger partial charge is 0.339 e. The van der Waals surface area contributed by atoms with Crippen LogP contribution in [-0.4, -0.2) is 8.42 Å². The fourth-order valence-electron chi connectivity index (χ4n) is 2.55. The number of benzene rings is 2. The molecule has 0 aliphatic heterocycles. The molecule has 22 heavy (non-hydrogen) atoms. The molecular weight excluding hydrogens is 296 g/mol. The van der Waals surface area contributed by atoms with Gasteiger partial charge in [0.25, 0.3) is 0 Å². The Hall–Kier alpha value is -1.81. The second-order valence-electron chi connectivity index (χ2n) is 5.64. The van der Waals surface area contributed by atoms with Gasteiger partial charge in [0.15, 0.2) is 0 Å². The van der Waals surface area contributed by atoms with E-state index in [1.54, 1.807) is 24.3 Å². The maximum Gasteiger partial charge on any atom is 0.339 e. The predicted octanol–water partition coefficient (Wildman–Crippen LogP) is 4.18. The van der Waals surface area contributed by atoms with Crippen LogP contribution < -0.4 is 4.18 Å². The van der Waals surface area contributed by atoms with Gasteiger partial charge in [0.2, 0.25) is 0 Å². The third-order valence-corrected chi connectivity index (χ3v) is 5.83. The van der Waals surface area contributed by atoms with Gasteiger partial charge in [-0.25, -0.2) is 0 Å². The van der Waals surface area contributed by atoms with Crippen LogP contribution in [0.3, 0.4) is 0 Å². The predicted molar refractivity (Wildman–Crippen MR) is 88.8 cm³/mol. The normalized spacial score (nSPS) is 11.5. The highest BCUT2D eigenvalue weighted by Gasteiger charge is 2.25. The first-order valence-electron chi connectivity index (χ1n) is 7.08. The highest BCUT2D eigenvalue weighted by Crippen LogP contribution is 2.31. The molecule has 117 valence electrons. The average molecular weight is 317 g/mol. The molecule has 0 N–H and O–H groups in total. The van der Waals surface area contributed by atoms with E-state index in [9.17, 15) is 8.42 Å². The Kier molecular flexibility index (Phi) is 4.34. The second kappa shape index (κ2) is 5.76. The largest absolute Gasteiger partial charge is 0.379 e. The van der Waals surface area contributed by atoms with Crippen LogP contribution in [0.15, 0.2) is 29.2 Å². The van der Waals surface area contributed by atoms with E-state index >= 15 is 0 Å². The molecule has 3 nitrogen and oxygen atoms in total. The summed E-state index contributed by atoms with van der Waals surface area (Å²) in [6.07, 6.45) is 0. The van der Waals surface area contributed by atoms with Gasteiger partial charge in [0.05, 0.1) is 0 Å². The van der Waals surface area contributed by atoms with Crippen LogP contribution in [-0.2, 0) is 10.1 Å². The second-order valence-corrected chi connectivity index (χ2v) is 7.12. The zero-order valence-electron chi connectivity index (χ0n) is 13.6. The topological polar surface area (TPSA) is 43.4 Å². The summed E-state index contributed by atoms with van der Waals surface area (Å²) < 4.78 is 30.7.